The van der Waals surface area contributed by atoms with Gasteiger partial charge in [0.2, 0.25) is 17.7 Å². The fourth-order valence-electron chi connectivity index (χ4n) is 6.45. The zero-order valence-corrected chi connectivity index (χ0v) is 23.1. The van der Waals surface area contributed by atoms with E-state index >= 15 is 0 Å². The number of rotatable bonds is 10. The van der Waals surface area contributed by atoms with E-state index in [1.807, 2.05) is 49.4 Å². The molecule has 9 heteroatoms. The number of halogens is 1. The SMILES string of the molecule is Cc1cccc(Cl)c1NC(=O)C1N(CCCCCO)C(=O)[C@@H]2[C@H](C(=O)NCc3ccccc3)[C@@H]3CCC12S3. The highest BCUT2D eigenvalue weighted by molar-refractivity contribution is 8.02. The number of carbonyl (C=O) groups is 3. The average molecular weight is 556 g/mol. The summed E-state index contributed by atoms with van der Waals surface area (Å²) in [5.74, 6) is -1.49. The van der Waals surface area contributed by atoms with Crippen molar-refractivity contribution in [3.63, 3.8) is 0 Å². The van der Waals surface area contributed by atoms with Crippen LogP contribution in [0.25, 0.3) is 0 Å². The van der Waals surface area contributed by atoms with Crippen LogP contribution in [0.1, 0.15) is 43.2 Å². The van der Waals surface area contributed by atoms with Crippen molar-refractivity contribution in [1.29, 1.82) is 0 Å². The molecule has 0 aromatic heterocycles. The number of anilines is 1. The zero-order valence-electron chi connectivity index (χ0n) is 21.5. The summed E-state index contributed by atoms with van der Waals surface area (Å²) in [6, 6.07) is 14.5. The van der Waals surface area contributed by atoms with Crippen molar-refractivity contribution in [2.45, 2.75) is 61.6 Å². The summed E-state index contributed by atoms with van der Waals surface area (Å²) in [6.07, 6.45) is 3.60. The minimum absolute atomic E-state index is 0.00797. The first-order chi connectivity index (χ1) is 18.4. The lowest BCUT2D eigenvalue weighted by molar-refractivity contribution is -0.139. The van der Waals surface area contributed by atoms with Gasteiger partial charge in [-0.05, 0) is 56.2 Å². The van der Waals surface area contributed by atoms with Crippen molar-refractivity contribution in [3.05, 3.63) is 64.7 Å². The van der Waals surface area contributed by atoms with Crippen molar-refractivity contribution in [2.75, 3.05) is 18.5 Å². The zero-order chi connectivity index (χ0) is 26.9. The first-order valence-electron chi connectivity index (χ1n) is 13.3. The summed E-state index contributed by atoms with van der Waals surface area (Å²) < 4.78 is -0.646. The number of benzene rings is 2. The molecule has 0 aliphatic carbocycles. The maximum absolute atomic E-state index is 14.0. The average Bonchev–Trinajstić information content (AvgIpc) is 3.55. The van der Waals surface area contributed by atoms with Gasteiger partial charge in [0.05, 0.1) is 27.3 Å². The van der Waals surface area contributed by atoms with Gasteiger partial charge >= 0.3 is 0 Å². The van der Waals surface area contributed by atoms with Crippen LogP contribution in [0.4, 0.5) is 5.69 Å². The van der Waals surface area contributed by atoms with E-state index in [1.54, 1.807) is 22.7 Å². The van der Waals surface area contributed by atoms with Gasteiger partial charge in [0, 0.05) is 24.9 Å². The summed E-state index contributed by atoms with van der Waals surface area (Å²) in [6.45, 7) is 2.80. The number of likely N-dealkylation sites (tertiary alicyclic amines) is 1. The van der Waals surface area contributed by atoms with Crippen LogP contribution in [0.3, 0.4) is 0 Å². The van der Waals surface area contributed by atoms with E-state index in [1.165, 1.54) is 0 Å². The molecule has 0 saturated carbocycles. The van der Waals surface area contributed by atoms with E-state index in [-0.39, 0.29) is 29.6 Å². The lowest BCUT2D eigenvalue weighted by atomic mass is 9.70. The third kappa shape index (κ3) is 4.82. The molecule has 3 heterocycles. The van der Waals surface area contributed by atoms with Crippen LogP contribution in [0.2, 0.25) is 5.02 Å². The minimum atomic E-state index is -0.688. The van der Waals surface area contributed by atoms with E-state index < -0.39 is 22.6 Å². The topological polar surface area (TPSA) is 98.7 Å². The van der Waals surface area contributed by atoms with Crippen molar-refractivity contribution in [1.82, 2.24) is 10.2 Å². The monoisotopic (exact) mass is 555 g/mol. The number of fused-ring (bicyclic) bond motifs is 1. The molecule has 3 fully saturated rings. The van der Waals surface area contributed by atoms with Crippen LogP contribution in [0, 0.1) is 18.8 Å². The molecule has 3 N–H and O–H groups in total. The number of aliphatic hydroxyl groups is 1. The predicted molar refractivity (Wildman–Crippen MR) is 150 cm³/mol. The molecule has 3 aliphatic rings. The number of aryl methyl sites for hydroxylation is 1. The number of para-hydroxylation sites is 1. The molecule has 2 unspecified atom stereocenters. The second kappa shape index (κ2) is 11.3. The Morgan fingerprint density at radius 2 is 1.89 bits per heavy atom. The molecular formula is C29H34ClN3O4S. The molecule has 0 radical (unpaired) electrons. The van der Waals surface area contributed by atoms with Crippen molar-refractivity contribution in [3.8, 4) is 0 Å². The minimum Gasteiger partial charge on any atom is -0.396 e. The Kier molecular flexibility index (Phi) is 8.03. The first kappa shape index (κ1) is 27.0. The summed E-state index contributed by atoms with van der Waals surface area (Å²) in [5.41, 5.74) is 2.41. The molecule has 2 aromatic carbocycles. The summed E-state index contributed by atoms with van der Waals surface area (Å²) in [4.78, 5) is 43.2. The van der Waals surface area contributed by atoms with Gasteiger partial charge in [0.25, 0.3) is 0 Å². The predicted octanol–water partition coefficient (Wildman–Crippen LogP) is 4.16. The Labute approximate surface area is 232 Å². The van der Waals surface area contributed by atoms with E-state index in [9.17, 15) is 19.5 Å². The number of aliphatic hydroxyl groups excluding tert-OH is 1. The third-order valence-electron chi connectivity index (χ3n) is 8.19. The Morgan fingerprint density at radius 3 is 2.63 bits per heavy atom. The highest BCUT2D eigenvalue weighted by Gasteiger charge is 2.73. The Hall–Kier alpha value is -2.55. The fraction of sp³-hybridized carbons (Fsp3) is 0.483. The molecule has 3 aliphatic heterocycles. The molecule has 7 nitrogen and oxygen atoms in total. The van der Waals surface area contributed by atoms with Crippen LogP contribution in [-0.2, 0) is 20.9 Å². The van der Waals surface area contributed by atoms with Crippen LogP contribution in [0.15, 0.2) is 48.5 Å². The van der Waals surface area contributed by atoms with Gasteiger partial charge in [0.1, 0.15) is 6.04 Å². The smallest absolute Gasteiger partial charge is 0.248 e. The highest BCUT2D eigenvalue weighted by atomic mass is 35.5. The maximum Gasteiger partial charge on any atom is 0.248 e. The van der Waals surface area contributed by atoms with E-state index in [0.29, 0.717) is 43.1 Å². The number of amides is 3. The molecule has 5 atom stereocenters. The van der Waals surface area contributed by atoms with Gasteiger partial charge in [0.15, 0.2) is 0 Å². The number of unbranched alkanes of at least 4 members (excludes halogenated alkanes) is 2. The Balaban J connectivity index is 1.42. The molecule has 2 bridgehead atoms. The second-order valence-corrected chi connectivity index (χ2v) is 12.5. The van der Waals surface area contributed by atoms with Crippen molar-refractivity contribution < 1.29 is 19.5 Å². The lowest BCUT2D eigenvalue weighted by Crippen LogP contribution is -2.52. The van der Waals surface area contributed by atoms with Crippen LogP contribution in [0.5, 0.6) is 0 Å². The van der Waals surface area contributed by atoms with E-state index in [4.69, 9.17) is 11.6 Å². The Morgan fingerprint density at radius 1 is 1.11 bits per heavy atom. The molecule has 2 aromatic rings. The van der Waals surface area contributed by atoms with E-state index in [0.717, 1.165) is 24.0 Å². The highest BCUT2D eigenvalue weighted by Crippen LogP contribution is 2.66. The molecule has 202 valence electrons. The van der Waals surface area contributed by atoms with Crippen LogP contribution >= 0.6 is 23.4 Å². The van der Waals surface area contributed by atoms with Crippen LogP contribution in [-0.4, -0.2) is 56.9 Å². The summed E-state index contributed by atoms with van der Waals surface area (Å²) in [5, 5.41) is 15.8. The van der Waals surface area contributed by atoms with Gasteiger partial charge in [-0.2, -0.15) is 0 Å². The number of thioether (sulfide) groups is 1. The number of nitrogens with one attached hydrogen (secondary N) is 2. The number of hydrogen-bond donors (Lipinski definition) is 3. The van der Waals surface area contributed by atoms with Crippen molar-refractivity contribution >= 4 is 46.8 Å². The van der Waals surface area contributed by atoms with Gasteiger partial charge in [-0.25, -0.2) is 0 Å². The third-order valence-corrected chi connectivity index (χ3v) is 10.5. The quantitative estimate of drug-likeness (QED) is 0.382. The number of hydrogen-bond acceptors (Lipinski definition) is 5. The largest absolute Gasteiger partial charge is 0.396 e. The van der Waals surface area contributed by atoms with Gasteiger partial charge < -0.3 is 20.6 Å². The van der Waals surface area contributed by atoms with Gasteiger partial charge in [-0.1, -0.05) is 54.1 Å². The fourth-order valence-corrected chi connectivity index (χ4v) is 8.94. The molecule has 1 spiro atoms. The number of carbonyl (C=O) groups excluding carboxylic acids is 3. The van der Waals surface area contributed by atoms with Crippen LogP contribution < -0.4 is 10.6 Å². The van der Waals surface area contributed by atoms with Crippen molar-refractivity contribution in [2.24, 2.45) is 11.8 Å². The maximum atomic E-state index is 14.0. The molecule has 5 rings (SSSR count). The van der Waals surface area contributed by atoms with E-state index in [2.05, 4.69) is 10.6 Å². The van der Waals surface area contributed by atoms with Gasteiger partial charge in [-0.3, -0.25) is 14.4 Å². The molecule has 3 saturated heterocycles. The molecular weight excluding hydrogens is 522 g/mol. The van der Waals surface area contributed by atoms with Gasteiger partial charge in [-0.15, -0.1) is 11.8 Å². The second-order valence-electron chi connectivity index (χ2n) is 10.5. The summed E-state index contributed by atoms with van der Waals surface area (Å²) >= 11 is 8.08. The standard InChI is InChI=1S/C29H34ClN3O4S/c1-18-9-8-12-20(30)24(18)32-27(36)25-29-14-13-21(38-29)22(26(35)31-17-19-10-4-2-5-11-19)23(29)28(37)33(25)15-6-3-7-16-34/h2,4-5,8-12,21-23,25,34H,3,6-7,13-17H2,1H3,(H,31,35)(H,32,36)/t21-,22+,23-,25?,29?/m0/s1. The first-order valence-corrected chi connectivity index (χ1v) is 14.6. The normalized spacial score (nSPS) is 27.4. The lowest BCUT2D eigenvalue weighted by Gasteiger charge is -2.34. The number of nitrogens with zero attached hydrogens (tertiary/aromatic N) is 1. The molecule has 38 heavy (non-hydrogen) atoms. The molecule has 3 amide bonds. The Bertz CT molecular complexity index is 1190. The summed E-state index contributed by atoms with van der Waals surface area (Å²) in [7, 11) is 0.